The number of nitrogens with one attached hydrogen (secondary N) is 2. The van der Waals surface area contributed by atoms with Crippen LogP contribution in [-0.2, 0) is 4.79 Å². The molecule has 0 heterocycles. The van der Waals surface area contributed by atoms with Gasteiger partial charge in [0.05, 0.1) is 0 Å². The first-order valence-electron chi connectivity index (χ1n) is 6.62. The van der Waals surface area contributed by atoms with E-state index in [1.807, 2.05) is 43.3 Å². The fourth-order valence-corrected chi connectivity index (χ4v) is 2.34. The molecule has 0 aliphatic rings. The smallest absolute Gasteiger partial charge is 0.250 e. The fourth-order valence-electron chi connectivity index (χ4n) is 2.04. The lowest BCUT2D eigenvalue weighted by Gasteiger charge is -2.17. The molecule has 3 N–H and O–H groups in total. The van der Waals surface area contributed by atoms with Gasteiger partial charge in [0, 0.05) is 22.4 Å². The summed E-state index contributed by atoms with van der Waals surface area (Å²) in [7, 11) is 0. The van der Waals surface area contributed by atoms with Gasteiger partial charge in [0.15, 0.2) is 0 Å². The van der Waals surface area contributed by atoms with Crippen molar-refractivity contribution in [3.63, 3.8) is 0 Å². The van der Waals surface area contributed by atoms with Crippen LogP contribution in [0.2, 0.25) is 5.02 Å². The van der Waals surface area contributed by atoms with E-state index in [0.717, 1.165) is 11.3 Å². The fraction of sp³-hybridized carbons (Fsp3) is 0.188. The average Bonchev–Trinajstić information content (AvgIpc) is 2.47. The van der Waals surface area contributed by atoms with Crippen LogP contribution in [0.4, 0.5) is 11.4 Å². The Morgan fingerprint density at radius 2 is 1.90 bits per heavy atom. The number of rotatable bonds is 5. The van der Waals surface area contributed by atoms with E-state index in [1.165, 1.54) is 0 Å². The molecule has 0 saturated heterocycles. The SMILES string of the molecule is C[C@@H](Nc1cccc(NC(=O)CO)c1)c1ccccc1Cl. The first-order chi connectivity index (χ1) is 10.1. The molecule has 21 heavy (non-hydrogen) atoms. The number of anilines is 2. The zero-order valence-electron chi connectivity index (χ0n) is 11.6. The number of halogens is 1. The van der Waals surface area contributed by atoms with Crippen LogP contribution in [0, 0.1) is 0 Å². The zero-order valence-corrected chi connectivity index (χ0v) is 12.4. The highest BCUT2D eigenvalue weighted by Crippen LogP contribution is 2.26. The molecule has 4 nitrogen and oxygen atoms in total. The molecule has 2 rings (SSSR count). The molecule has 110 valence electrons. The topological polar surface area (TPSA) is 61.4 Å². The van der Waals surface area contributed by atoms with Crippen molar-refractivity contribution in [1.29, 1.82) is 0 Å². The van der Waals surface area contributed by atoms with Gasteiger partial charge in [-0.05, 0) is 36.8 Å². The van der Waals surface area contributed by atoms with E-state index in [9.17, 15) is 4.79 Å². The Balaban J connectivity index is 2.11. The summed E-state index contributed by atoms with van der Waals surface area (Å²) < 4.78 is 0. The van der Waals surface area contributed by atoms with Gasteiger partial charge in [-0.25, -0.2) is 0 Å². The van der Waals surface area contributed by atoms with Gasteiger partial charge in [0.25, 0.3) is 0 Å². The second-order valence-corrected chi connectivity index (χ2v) is 5.08. The van der Waals surface area contributed by atoms with Crippen LogP contribution >= 0.6 is 11.6 Å². The summed E-state index contributed by atoms with van der Waals surface area (Å²) in [4.78, 5) is 11.2. The quantitative estimate of drug-likeness (QED) is 0.793. The van der Waals surface area contributed by atoms with Gasteiger partial charge in [-0.2, -0.15) is 0 Å². The zero-order chi connectivity index (χ0) is 15.2. The van der Waals surface area contributed by atoms with Crippen LogP contribution in [0.3, 0.4) is 0 Å². The lowest BCUT2D eigenvalue weighted by atomic mass is 10.1. The lowest BCUT2D eigenvalue weighted by Crippen LogP contribution is -2.15. The Bertz CT molecular complexity index is 631. The summed E-state index contributed by atoms with van der Waals surface area (Å²) in [6, 6.07) is 15.0. The monoisotopic (exact) mass is 304 g/mol. The molecule has 0 unspecified atom stereocenters. The molecule has 1 atom stereocenters. The van der Waals surface area contributed by atoms with Crippen molar-refractivity contribution < 1.29 is 9.90 Å². The van der Waals surface area contributed by atoms with Gasteiger partial charge in [0.2, 0.25) is 5.91 Å². The Hall–Kier alpha value is -2.04. The second-order valence-electron chi connectivity index (χ2n) is 4.67. The minimum Gasteiger partial charge on any atom is -0.387 e. The minimum absolute atomic E-state index is 0.0301. The van der Waals surface area contributed by atoms with Crippen molar-refractivity contribution in [2.45, 2.75) is 13.0 Å². The van der Waals surface area contributed by atoms with E-state index in [-0.39, 0.29) is 6.04 Å². The molecule has 0 radical (unpaired) electrons. The number of aliphatic hydroxyl groups is 1. The number of aliphatic hydroxyl groups excluding tert-OH is 1. The van der Waals surface area contributed by atoms with Crippen LogP contribution in [0.15, 0.2) is 48.5 Å². The number of hydrogen-bond donors (Lipinski definition) is 3. The van der Waals surface area contributed by atoms with Crippen LogP contribution < -0.4 is 10.6 Å². The van der Waals surface area contributed by atoms with Crippen molar-refractivity contribution in [1.82, 2.24) is 0 Å². The standard InChI is InChI=1S/C16H17ClN2O2/c1-11(14-7-2-3-8-15(14)17)18-12-5-4-6-13(9-12)19-16(21)10-20/h2-9,11,18,20H,10H2,1H3,(H,19,21)/t11-/m1/s1. The normalized spacial score (nSPS) is 11.8. The van der Waals surface area contributed by atoms with Crippen molar-refractivity contribution in [3.05, 3.63) is 59.1 Å². The molecule has 2 aromatic carbocycles. The van der Waals surface area contributed by atoms with Gasteiger partial charge in [-0.3, -0.25) is 4.79 Å². The largest absolute Gasteiger partial charge is 0.387 e. The van der Waals surface area contributed by atoms with Crippen molar-refractivity contribution in [2.75, 3.05) is 17.2 Å². The number of benzene rings is 2. The summed E-state index contributed by atoms with van der Waals surface area (Å²) in [5.41, 5.74) is 2.49. The van der Waals surface area contributed by atoms with Gasteiger partial charge < -0.3 is 15.7 Å². The Labute approximate surface area is 128 Å². The van der Waals surface area contributed by atoms with Gasteiger partial charge in [0.1, 0.15) is 6.61 Å². The molecule has 0 bridgehead atoms. The molecule has 2 aromatic rings. The second kappa shape index (κ2) is 7.11. The highest BCUT2D eigenvalue weighted by atomic mass is 35.5. The van der Waals surface area contributed by atoms with E-state index < -0.39 is 12.5 Å². The van der Waals surface area contributed by atoms with Crippen LogP contribution in [-0.4, -0.2) is 17.6 Å². The maximum absolute atomic E-state index is 11.2. The van der Waals surface area contributed by atoms with Gasteiger partial charge in [-0.15, -0.1) is 0 Å². The Kier molecular flexibility index (Phi) is 5.20. The predicted molar refractivity (Wildman–Crippen MR) is 85.6 cm³/mol. The predicted octanol–water partition coefficient (Wildman–Crippen LogP) is 3.44. The summed E-state index contributed by atoms with van der Waals surface area (Å²) >= 11 is 6.18. The van der Waals surface area contributed by atoms with Crippen LogP contribution in [0.5, 0.6) is 0 Å². The molecular formula is C16H17ClN2O2. The first kappa shape index (κ1) is 15.4. The van der Waals surface area contributed by atoms with Crippen molar-refractivity contribution in [3.8, 4) is 0 Å². The molecular weight excluding hydrogens is 288 g/mol. The van der Waals surface area contributed by atoms with E-state index in [0.29, 0.717) is 10.7 Å². The maximum Gasteiger partial charge on any atom is 0.250 e. The van der Waals surface area contributed by atoms with Gasteiger partial charge >= 0.3 is 0 Å². The van der Waals surface area contributed by atoms with Gasteiger partial charge in [-0.1, -0.05) is 35.9 Å². The molecule has 0 saturated carbocycles. The molecule has 0 fully saturated rings. The number of hydrogen-bond acceptors (Lipinski definition) is 3. The summed E-state index contributed by atoms with van der Waals surface area (Å²) in [5, 5.41) is 15.4. The Morgan fingerprint density at radius 1 is 1.19 bits per heavy atom. The molecule has 0 aliphatic carbocycles. The summed E-state index contributed by atoms with van der Waals surface area (Å²) in [6.07, 6.45) is 0. The van der Waals surface area contributed by atoms with Crippen molar-refractivity contribution >= 4 is 28.9 Å². The average molecular weight is 305 g/mol. The van der Waals surface area contributed by atoms with Crippen LogP contribution in [0.25, 0.3) is 0 Å². The Morgan fingerprint density at radius 3 is 2.62 bits per heavy atom. The first-order valence-corrected chi connectivity index (χ1v) is 6.99. The molecule has 0 spiro atoms. The number of carbonyl (C=O) groups is 1. The highest BCUT2D eigenvalue weighted by Gasteiger charge is 2.09. The van der Waals surface area contributed by atoms with E-state index in [4.69, 9.17) is 16.7 Å². The number of amides is 1. The summed E-state index contributed by atoms with van der Waals surface area (Å²) in [5.74, 6) is -0.439. The van der Waals surface area contributed by atoms with Crippen LogP contribution in [0.1, 0.15) is 18.5 Å². The molecule has 5 heteroatoms. The lowest BCUT2D eigenvalue weighted by molar-refractivity contribution is -0.118. The third-order valence-corrected chi connectivity index (χ3v) is 3.39. The maximum atomic E-state index is 11.2. The van der Waals surface area contributed by atoms with Crippen molar-refractivity contribution in [2.24, 2.45) is 0 Å². The summed E-state index contributed by atoms with van der Waals surface area (Å²) in [6.45, 7) is 1.48. The van der Waals surface area contributed by atoms with E-state index in [2.05, 4.69) is 10.6 Å². The molecule has 0 aromatic heterocycles. The third-order valence-electron chi connectivity index (χ3n) is 3.04. The molecule has 1 amide bonds. The van der Waals surface area contributed by atoms with E-state index in [1.54, 1.807) is 12.1 Å². The van der Waals surface area contributed by atoms with E-state index >= 15 is 0 Å². The minimum atomic E-state index is -0.534. The third kappa shape index (κ3) is 4.21. The molecule has 0 aliphatic heterocycles. The number of carbonyl (C=O) groups excluding carboxylic acids is 1. The highest BCUT2D eigenvalue weighted by molar-refractivity contribution is 6.31.